The van der Waals surface area contributed by atoms with Crippen molar-refractivity contribution in [2.45, 2.75) is 64.2 Å². The van der Waals surface area contributed by atoms with Gasteiger partial charge in [0.15, 0.2) is 0 Å². The molecule has 0 saturated heterocycles. The summed E-state index contributed by atoms with van der Waals surface area (Å²) in [6.07, 6.45) is 13.5. The molecule has 0 N–H and O–H groups in total. The Morgan fingerprint density at radius 1 is 1.13 bits per heavy atom. The van der Waals surface area contributed by atoms with Crippen LogP contribution in [0.2, 0.25) is 0 Å². The van der Waals surface area contributed by atoms with Crippen LogP contribution in [0, 0.1) is 5.92 Å². The molecular weight excluding hydrogens is 184 g/mol. The van der Waals surface area contributed by atoms with Gasteiger partial charge in [0, 0.05) is 12.3 Å². The predicted octanol–water partition coefficient (Wildman–Crippen LogP) is 4.27. The molecule has 15 heavy (non-hydrogen) atoms. The zero-order valence-electron chi connectivity index (χ0n) is 9.84. The number of carbonyl (C=O) groups is 1. The maximum atomic E-state index is 11.9. The minimum absolute atomic E-state index is 0.384. The molecule has 1 heteroatoms. The van der Waals surface area contributed by atoms with Crippen molar-refractivity contribution in [1.29, 1.82) is 0 Å². The molecule has 0 aromatic heterocycles. The van der Waals surface area contributed by atoms with Crippen LogP contribution in [0.25, 0.3) is 0 Å². The lowest BCUT2D eigenvalue weighted by atomic mass is 9.86. The highest BCUT2D eigenvalue weighted by Gasteiger charge is 2.18. The van der Waals surface area contributed by atoms with Crippen LogP contribution in [0.1, 0.15) is 64.2 Å². The molecule has 1 rings (SSSR count). The van der Waals surface area contributed by atoms with Gasteiger partial charge in [-0.05, 0) is 25.7 Å². The van der Waals surface area contributed by atoms with Crippen LogP contribution in [-0.2, 0) is 4.79 Å². The van der Waals surface area contributed by atoms with Gasteiger partial charge in [0.1, 0.15) is 5.78 Å². The topological polar surface area (TPSA) is 17.1 Å². The maximum Gasteiger partial charge on any atom is 0.135 e. The van der Waals surface area contributed by atoms with Crippen molar-refractivity contribution in [1.82, 2.24) is 0 Å². The molecule has 0 aliphatic heterocycles. The van der Waals surface area contributed by atoms with Crippen LogP contribution in [0.4, 0.5) is 0 Å². The van der Waals surface area contributed by atoms with E-state index in [0.29, 0.717) is 11.7 Å². The van der Waals surface area contributed by atoms with Crippen LogP contribution in [0.15, 0.2) is 12.7 Å². The van der Waals surface area contributed by atoms with E-state index < -0.39 is 0 Å². The summed E-state index contributed by atoms with van der Waals surface area (Å²) in [6.45, 7) is 3.69. The zero-order valence-corrected chi connectivity index (χ0v) is 9.84. The first-order chi connectivity index (χ1) is 7.34. The maximum absolute atomic E-state index is 11.9. The van der Waals surface area contributed by atoms with Gasteiger partial charge in [-0.15, -0.1) is 6.58 Å². The van der Waals surface area contributed by atoms with E-state index in [-0.39, 0.29) is 0 Å². The summed E-state index contributed by atoms with van der Waals surface area (Å²) in [5.41, 5.74) is 0. The summed E-state index contributed by atoms with van der Waals surface area (Å²) >= 11 is 0. The fraction of sp³-hybridized carbons (Fsp3) is 0.786. The van der Waals surface area contributed by atoms with Crippen molar-refractivity contribution in [3.8, 4) is 0 Å². The fourth-order valence-corrected chi connectivity index (χ4v) is 2.40. The van der Waals surface area contributed by atoms with Gasteiger partial charge in [-0.25, -0.2) is 0 Å². The summed E-state index contributed by atoms with van der Waals surface area (Å²) in [4.78, 5) is 11.9. The van der Waals surface area contributed by atoms with Crippen LogP contribution >= 0.6 is 0 Å². The largest absolute Gasteiger partial charge is 0.299 e. The Hall–Kier alpha value is -0.590. The Kier molecular flexibility index (Phi) is 6.38. The number of unbranched alkanes of at least 4 members (excludes halogenated alkanes) is 1. The summed E-state index contributed by atoms with van der Waals surface area (Å²) in [6, 6.07) is 0. The standard InChI is InChI=1S/C14H24O/c1-2-3-7-12-14(15)13-10-8-5-4-6-9-11-13/h2,13H,1,3-12H2. The van der Waals surface area contributed by atoms with Gasteiger partial charge >= 0.3 is 0 Å². The Bertz CT molecular complexity index is 188. The molecule has 1 aliphatic rings. The van der Waals surface area contributed by atoms with Crippen LogP contribution in [0.5, 0.6) is 0 Å². The van der Waals surface area contributed by atoms with Gasteiger partial charge in [0.2, 0.25) is 0 Å². The minimum Gasteiger partial charge on any atom is -0.299 e. The van der Waals surface area contributed by atoms with E-state index in [2.05, 4.69) is 6.58 Å². The van der Waals surface area contributed by atoms with Crippen molar-refractivity contribution in [2.75, 3.05) is 0 Å². The predicted molar refractivity (Wildman–Crippen MR) is 64.9 cm³/mol. The third kappa shape index (κ3) is 5.15. The molecule has 0 aromatic rings. The number of rotatable bonds is 5. The Balaban J connectivity index is 2.25. The first kappa shape index (κ1) is 12.5. The van der Waals surface area contributed by atoms with E-state index in [0.717, 1.165) is 32.1 Å². The van der Waals surface area contributed by atoms with E-state index in [4.69, 9.17) is 0 Å². The number of Topliss-reactive ketones (excluding diaryl/α,β-unsaturated/α-hetero) is 1. The van der Waals surface area contributed by atoms with E-state index in [9.17, 15) is 4.79 Å². The summed E-state index contributed by atoms with van der Waals surface area (Å²) < 4.78 is 0. The lowest BCUT2D eigenvalue weighted by molar-refractivity contribution is -0.123. The molecule has 0 aromatic carbocycles. The highest BCUT2D eigenvalue weighted by Crippen LogP contribution is 2.24. The molecule has 1 saturated carbocycles. The van der Waals surface area contributed by atoms with E-state index in [1.54, 1.807) is 0 Å². The van der Waals surface area contributed by atoms with Crippen LogP contribution in [-0.4, -0.2) is 5.78 Å². The molecule has 1 nitrogen and oxygen atoms in total. The fourth-order valence-electron chi connectivity index (χ4n) is 2.40. The molecule has 0 spiro atoms. The quantitative estimate of drug-likeness (QED) is 0.487. The summed E-state index contributed by atoms with van der Waals surface area (Å²) in [5.74, 6) is 0.897. The molecule has 0 amide bonds. The molecular formula is C14H24O. The van der Waals surface area contributed by atoms with E-state index >= 15 is 0 Å². The smallest absolute Gasteiger partial charge is 0.135 e. The Morgan fingerprint density at radius 2 is 1.73 bits per heavy atom. The summed E-state index contributed by atoms with van der Waals surface area (Å²) in [7, 11) is 0. The molecule has 0 heterocycles. The molecule has 0 atom stereocenters. The van der Waals surface area contributed by atoms with Crippen molar-refractivity contribution >= 4 is 5.78 Å². The lowest BCUT2D eigenvalue weighted by Gasteiger charge is -2.18. The van der Waals surface area contributed by atoms with Gasteiger partial charge in [0.05, 0.1) is 0 Å². The van der Waals surface area contributed by atoms with Crippen molar-refractivity contribution in [3.05, 3.63) is 12.7 Å². The van der Waals surface area contributed by atoms with Gasteiger partial charge < -0.3 is 0 Å². The minimum atomic E-state index is 0.384. The molecule has 0 radical (unpaired) electrons. The van der Waals surface area contributed by atoms with E-state index in [1.807, 2.05) is 6.08 Å². The van der Waals surface area contributed by atoms with Crippen molar-refractivity contribution < 1.29 is 4.79 Å². The molecule has 0 unspecified atom stereocenters. The van der Waals surface area contributed by atoms with Gasteiger partial charge in [-0.1, -0.05) is 38.2 Å². The monoisotopic (exact) mass is 208 g/mol. The second-order valence-electron chi connectivity index (χ2n) is 4.69. The number of hydrogen-bond acceptors (Lipinski definition) is 1. The summed E-state index contributed by atoms with van der Waals surface area (Å²) in [5, 5.41) is 0. The Morgan fingerprint density at radius 3 is 2.33 bits per heavy atom. The Labute approximate surface area is 93.9 Å². The third-order valence-corrected chi connectivity index (χ3v) is 3.39. The molecule has 0 bridgehead atoms. The third-order valence-electron chi connectivity index (χ3n) is 3.39. The van der Waals surface area contributed by atoms with Crippen LogP contribution < -0.4 is 0 Å². The highest BCUT2D eigenvalue weighted by atomic mass is 16.1. The molecule has 1 aliphatic carbocycles. The molecule has 1 fully saturated rings. The second kappa shape index (κ2) is 7.67. The van der Waals surface area contributed by atoms with Gasteiger partial charge in [-0.2, -0.15) is 0 Å². The average Bonchev–Trinajstić information content (AvgIpc) is 2.17. The lowest BCUT2D eigenvalue weighted by Crippen LogP contribution is -2.15. The first-order valence-electron chi connectivity index (χ1n) is 6.48. The van der Waals surface area contributed by atoms with Crippen molar-refractivity contribution in [2.24, 2.45) is 5.92 Å². The zero-order chi connectivity index (χ0) is 10.9. The highest BCUT2D eigenvalue weighted by molar-refractivity contribution is 5.80. The first-order valence-corrected chi connectivity index (χ1v) is 6.48. The normalized spacial score (nSPS) is 19.2. The van der Waals surface area contributed by atoms with Gasteiger partial charge in [-0.3, -0.25) is 4.79 Å². The number of hydrogen-bond donors (Lipinski definition) is 0. The van der Waals surface area contributed by atoms with E-state index in [1.165, 1.54) is 32.1 Å². The van der Waals surface area contributed by atoms with Crippen LogP contribution in [0.3, 0.4) is 0 Å². The number of allylic oxidation sites excluding steroid dienone is 1. The number of ketones is 1. The van der Waals surface area contributed by atoms with Crippen molar-refractivity contribution in [3.63, 3.8) is 0 Å². The number of carbonyl (C=O) groups excluding carboxylic acids is 1. The SMILES string of the molecule is C=CCCCC(=O)C1CCCCCCC1. The second-order valence-corrected chi connectivity index (χ2v) is 4.69. The average molecular weight is 208 g/mol. The molecule has 86 valence electrons. The van der Waals surface area contributed by atoms with Gasteiger partial charge in [0.25, 0.3) is 0 Å².